The van der Waals surface area contributed by atoms with Crippen molar-refractivity contribution >= 4 is 45.2 Å². The van der Waals surface area contributed by atoms with Crippen LogP contribution in [0, 0.1) is 0 Å². The average Bonchev–Trinajstić information content (AvgIpc) is 2.78. The van der Waals surface area contributed by atoms with Crippen molar-refractivity contribution in [2.45, 2.75) is 11.3 Å². The summed E-state index contributed by atoms with van der Waals surface area (Å²) >= 11 is 2.63. The van der Waals surface area contributed by atoms with Gasteiger partial charge in [0.15, 0.2) is 4.34 Å². The van der Waals surface area contributed by atoms with Crippen LogP contribution >= 0.6 is 23.1 Å². The molecule has 0 aromatic carbocycles. The highest BCUT2D eigenvalue weighted by Crippen LogP contribution is 2.27. The zero-order valence-electron chi connectivity index (χ0n) is 9.58. The second-order valence-electron chi connectivity index (χ2n) is 3.24. The largest absolute Gasteiger partial charge is 0.460 e. The Balaban J connectivity index is 1.98. The predicted octanol–water partition coefficient (Wildman–Crippen LogP) is 1.92. The molecule has 18 heavy (non-hydrogen) atoms. The van der Waals surface area contributed by atoms with Crippen LogP contribution in [0.2, 0.25) is 0 Å². The highest BCUT2D eigenvalue weighted by atomic mass is 32.2. The first-order valence-corrected chi connectivity index (χ1v) is 7.05. The minimum atomic E-state index is -0.788. The summed E-state index contributed by atoms with van der Waals surface area (Å²) in [6.45, 7) is 1.87. The molecule has 2 aromatic heterocycles. The molecule has 0 amide bonds. The van der Waals surface area contributed by atoms with Gasteiger partial charge in [0.1, 0.15) is 10.3 Å². The predicted molar refractivity (Wildman–Crippen MR) is 69.8 cm³/mol. The molecule has 0 spiro atoms. The molecule has 5 nitrogen and oxygen atoms in total. The standard InChI is InChI=1S/C11H10N2O3S2/c1-2-16-10(15)8(14)6-17-11-13-7-4-3-5-12-9(7)18-11/h3-5H,2,6H2,1H3. The molecule has 0 aliphatic carbocycles. The summed E-state index contributed by atoms with van der Waals surface area (Å²) < 4.78 is 5.34. The van der Waals surface area contributed by atoms with Crippen molar-refractivity contribution in [1.29, 1.82) is 0 Å². The number of esters is 1. The molecule has 2 heterocycles. The van der Waals surface area contributed by atoms with Gasteiger partial charge in [0.2, 0.25) is 5.78 Å². The van der Waals surface area contributed by atoms with Gasteiger partial charge in [-0.15, -0.1) is 0 Å². The summed E-state index contributed by atoms with van der Waals surface area (Å²) in [7, 11) is 0. The quantitative estimate of drug-likeness (QED) is 0.474. The van der Waals surface area contributed by atoms with E-state index in [0.29, 0.717) is 0 Å². The maximum absolute atomic E-state index is 11.4. The van der Waals surface area contributed by atoms with Crippen LogP contribution in [0.15, 0.2) is 22.7 Å². The van der Waals surface area contributed by atoms with Crippen LogP contribution in [-0.2, 0) is 14.3 Å². The van der Waals surface area contributed by atoms with Gasteiger partial charge in [-0.3, -0.25) is 4.79 Å². The normalized spacial score (nSPS) is 10.5. The van der Waals surface area contributed by atoms with E-state index < -0.39 is 11.8 Å². The Morgan fingerprint density at radius 2 is 2.33 bits per heavy atom. The lowest BCUT2D eigenvalue weighted by Crippen LogP contribution is -2.19. The van der Waals surface area contributed by atoms with Crippen LogP contribution in [0.25, 0.3) is 10.3 Å². The van der Waals surface area contributed by atoms with E-state index in [9.17, 15) is 9.59 Å². The minimum Gasteiger partial charge on any atom is -0.460 e. The number of ketones is 1. The van der Waals surface area contributed by atoms with Crippen LogP contribution in [0.1, 0.15) is 6.92 Å². The number of thioether (sulfide) groups is 1. The summed E-state index contributed by atoms with van der Waals surface area (Å²) in [6.07, 6.45) is 1.69. The van der Waals surface area contributed by atoms with E-state index >= 15 is 0 Å². The maximum Gasteiger partial charge on any atom is 0.375 e. The summed E-state index contributed by atoms with van der Waals surface area (Å²) in [5.41, 5.74) is 0.800. The molecule has 0 aliphatic heterocycles. The number of ether oxygens (including phenoxy) is 1. The van der Waals surface area contributed by atoms with Gasteiger partial charge < -0.3 is 4.74 Å². The topological polar surface area (TPSA) is 69.2 Å². The molecule has 94 valence electrons. The average molecular weight is 282 g/mol. The van der Waals surface area contributed by atoms with Gasteiger partial charge in [0.25, 0.3) is 0 Å². The fourth-order valence-corrected chi connectivity index (χ4v) is 3.04. The molecule has 7 heteroatoms. The molecule has 0 N–H and O–H groups in total. The van der Waals surface area contributed by atoms with Gasteiger partial charge in [0.05, 0.1) is 12.4 Å². The molecule has 0 aliphatic rings. The Morgan fingerprint density at radius 3 is 3.06 bits per heavy atom. The molecule has 2 rings (SSSR count). The number of fused-ring (bicyclic) bond motifs is 1. The highest BCUT2D eigenvalue weighted by Gasteiger charge is 2.16. The number of carbonyl (C=O) groups excluding carboxylic acids is 2. The molecule has 0 unspecified atom stereocenters. The molecular weight excluding hydrogens is 272 g/mol. The Kier molecular flexibility index (Phi) is 4.27. The van der Waals surface area contributed by atoms with E-state index in [1.54, 1.807) is 19.2 Å². The van der Waals surface area contributed by atoms with Crippen LogP contribution in [0.4, 0.5) is 0 Å². The molecule has 0 saturated heterocycles. The van der Waals surface area contributed by atoms with Crippen molar-refractivity contribution in [3.8, 4) is 0 Å². The molecular formula is C11H10N2O3S2. The Morgan fingerprint density at radius 1 is 1.50 bits per heavy atom. The molecule has 2 aromatic rings. The van der Waals surface area contributed by atoms with E-state index in [-0.39, 0.29) is 12.4 Å². The third kappa shape index (κ3) is 3.05. The first-order chi connectivity index (χ1) is 8.70. The minimum absolute atomic E-state index is 0.0403. The summed E-state index contributed by atoms with van der Waals surface area (Å²) in [6, 6.07) is 3.66. The number of hydrogen-bond acceptors (Lipinski definition) is 7. The van der Waals surface area contributed by atoms with E-state index in [0.717, 1.165) is 14.7 Å². The molecule has 0 atom stereocenters. The van der Waals surface area contributed by atoms with Crippen molar-refractivity contribution in [3.05, 3.63) is 18.3 Å². The Bertz CT molecular complexity index is 549. The number of Topliss-reactive ketones (excluding diaryl/α,β-unsaturated/α-hetero) is 1. The fourth-order valence-electron chi connectivity index (χ4n) is 1.21. The van der Waals surface area contributed by atoms with Crippen LogP contribution < -0.4 is 0 Å². The van der Waals surface area contributed by atoms with Crippen molar-refractivity contribution in [2.75, 3.05) is 12.4 Å². The van der Waals surface area contributed by atoms with Gasteiger partial charge in [-0.1, -0.05) is 23.1 Å². The van der Waals surface area contributed by atoms with Crippen LogP contribution in [0.5, 0.6) is 0 Å². The van der Waals surface area contributed by atoms with Crippen molar-refractivity contribution in [2.24, 2.45) is 0 Å². The first kappa shape index (κ1) is 13.0. The second kappa shape index (κ2) is 5.92. The zero-order chi connectivity index (χ0) is 13.0. The number of rotatable bonds is 5. The molecule has 0 radical (unpaired) electrons. The number of pyridine rings is 1. The Hall–Kier alpha value is -1.47. The third-order valence-corrected chi connectivity index (χ3v) is 4.10. The van der Waals surface area contributed by atoms with Gasteiger partial charge in [-0.2, -0.15) is 0 Å². The zero-order valence-corrected chi connectivity index (χ0v) is 11.2. The first-order valence-electron chi connectivity index (χ1n) is 5.25. The van der Waals surface area contributed by atoms with Gasteiger partial charge in [-0.25, -0.2) is 14.8 Å². The van der Waals surface area contributed by atoms with Crippen molar-refractivity contribution in [1.82, 2.24) is 9.97 Å². The van der Waals surface area contributed by atoms with Crippen molar-refractivity contribution < 1.29 is 14.3 Å². The van der Waals surface area contributed by atoms with Crippen LogP contribution in [-0.4, -0.2) is 34.1 Å². The number of nitrogens with zero attached hydrogens (tertiary/aromatic N) is 2. The third-order valence-electron chi connectivity index (χ3n) is 1.98. The summed E-state index contributed by atoms with van der Waals surface area (Å²) in [5.74, 6) is -1.29. The van der Waals surface area contributed by atoms with E-state index in [2.05, 4.69) is 14.7 Å². The number of thiazole rings is 1. The number of aromatic nitrogens is 2. The van der Waals surface area contributed by atoms with E-state index in [1.165, 1.54) is 23.1 Å². The number of hydrogen-bond donors (Lipinski definition) is 0. The molecule has 0 bridgehead atoms. The van der Waals surface area contributed by atoms with Gasteiger partial charge in [0, 0.05) is 6.20 Å². The van der Waals surface area contributed by atoms with E-state index in [1.807, 2.05) is 6.07 Å². The second-order valence-corrected chi connectivity index (χ2v) is 5.44. The lowest BCUT2D eigenvalue weighted by atomic mass is 10.5. The lowest BCUT2D eigenvalue weighted by molar-refractivity contribution is -0.152. The monoisotopic (exact) mass is 282 g/mol. The smallest absolute Gasteiger partial charge is 0.375 e. The Labute approximate surface area is 112 Å². The maximum atomic E-state index is 11.4. The highest BCUT2D eigenvalue weighted by molar-refractivity contribution is 8.01. The van der Waals surface area contributed by atoms with Gasteiger partial charge in [-0.05, 0) is 19.1 Å². The number of carbonyl (C=O) groups is 2. The lowest BCUT2D eigenvalue weighted by Gasteiger charge is -1.98. The molecule has 0 fully saturated rings. The van der Waals surface area contributed by atoms with Crippen molar-refractivity contribution in [3.63, 3.8) is 0 Å². The van der Waals surface area contributed by atoms with Crippen LogP contribution in [0.3, 0.4) is 0 Å². The summed E-state index contributed by atoms with van der Waals surface area (Å²) in [4.78, 5) is 31.8. The fraction of sp³-hybridized carbons (Fsp3) is 0.273. The SMILES string of the molecule is CCOC(=O)C(=O)CSc1nc2cccnc2s1. The molecule has 0 saturated carbocycles. The summed E-state index contributed by atoms with van der Waals surface area (Å²) in [5, 5.41) is 0. The van der Waals surface area contributed by atoms with Gasteiger partial charge >= 0.3 is 5.97 Å². The van der Waals surface area contributed by atoms with E-state index in [4.69, 9.17) is 0 Å².